The maximum Gasteiger partial charge on any atom is 0.419 e. The molecule has 0 spiro atoms. The fraction of sp³-hybridized carbons (Fsp3) is 0.176. The van der Waals surface area contributed by atoms with Gasteiger partial charge in [0.2, 0.25) is 0 Å². The third-order valence-electron chi connectivity index (χ3n) is 3.53. The van der Waals surface area contributed by atoms with Crippen LogP contribution in [-0.4, -0.2) is 25.5 Å². The molecule has 1 amide bonds. The van der Waals surface area contributed by atoms with E-state index >= 15 is 0 Å². The number of fused-ring (bicyclic) bond motifs is 1. The Bertz CT molecular complexity index is 712. The van der Waals surface area contributed by atoms with E-state index in [1.807, 2.05) is 6.07 Å². The van der Waals surface area contributed by atoms with Crippen LogP contribution in [0.4, 0.5) is 10.5 Å². The number of hydrogen-bond acceptors (Lipinski definition) is 4. The highest BCUT2D eigenvalue weighted by Gasteiger charge is 2.29. The molecule has 0 aromatic heterocycles. The van der Waals surface area contributed by atoms with Gasteiger partial charge in [-0.15, -0.1) is 0 Å². The maximum atomic E-state index is 12.4. The second-order valence-electron chi connectivity index (χ2n) is 4.89. The van der Waals surface area contributed by atoms with Crippen molar-refractivity contribution in [3.8, 4) is 11.5 Å². The van der Waals surface area contributed by atoms with Crippen molar-refractivity contribution >= 4 is 17.6 Å². The Labute approximate surface area is 128 Å². The largest absolute Gasteiger partial charge is 0.497 e. The molecule has 2 aromatic carbocycles. The molecule has 0 radical (unpaired) electrons. The summed E-state index contributed by atoms with van der Waals surface area (Å²) in [6, 6.07) is 13.9. The molecule has 5 nitrogen and oxygen atoms in total. The molecule has 1 heterocycles. The van der Waals surface area contributed by atoms with Crippen LogP contribution in [0, 0.1) is 0 Å². The standard InChI is InChI=1S/C17H15NO4/c1-21-13-7-8-15-14(11-13)16(19)9-10-18(15)17(20)22-12-5-3-2-4-6-12/h2-8,11H,9-10H2,1H3. The average Bonchev–Trinajstić information content (AvgIpc) is 2.56. The van der Waals surface area contributed by atoms with Gasteiger partial charge in [0.15, 0.2) is 5.78 Å². The van der Waals surface area contributed by atoms with Crippen LogP contribution >= 0.6 is 0 Å². The van der Waals surface area contributed by atoms with Gasteiger partial charge in [0.05, 0.1) is 12.8 Å². The van der Waals surface area contributed by atoms with Crippen molar-refractivity contribution in [1.82, 2.24) is 0 Å². The molecule has 3 rings (SSSR count). The Balaban J connectivity index is 1.88. The molecule has 5 heteroatoms. The van der Waals surface area contributed by atoms with E-state index < -0.39 is 6.09 Å². The van der Waals surface area contributed by atoms with Gasteiger partial charge in [0.25, 0.3) is 0 Å². The summed E-state index contributed by atoms with van der Waals surface area (Å²) in [6.45, 7) is 0.309. The van der Waals surface area contributed by atoms with Gasteiger partial charge >= 0.3 is 6.09 Å². The summed E-state index contributed by atoms with van der Waals surface area (Å²) in [5, 5.41) is 0. The lowest BCUT2D eigenvalue weighted by Gasteiger charge is -2.28. The number of benzene rings is 2. The first-order chi connectivity index (χ1) is 10.7. The lowest BCUT2D eigenvalue weighted by atomic mass is 10.0. The molecule has 0 bridgehead atoms. The number of ether oxygens (including phenoxy) is 2. The number of hydrogen-bond donors (Lipinski definition) is 0. The Kier molecular flexibility index (Phi) is 3.78. The summed E-state index contributed by atoms with van der Waals surface area (Å²) >= 11 is 0. The van der Waals surface area contributed by atoms with Gasteiger partial charge in [-0.3, -0.25) is 9.69 Å². The first kappa shape index (κ1) is 14.1. The van der Waals surface area contributed by atoms with Crippen LogP contribution in [-0.2, 0) is 0 Å². The molecule has 112 valence electrons. The molecule has 0 aliphatic carbocycles. The smallest absolute Gasteiger partial charge is 0.419 e. The van der Waals surface area contributed by atoms with Gasteiger partial charge in [-0.2, -0.15) is 0 Å². The van der Waals surface area contributed by atoms with E-state index in [2.05, 4.69) is 0 Å². The molecule has 0 fully saturated rings. The number of amides is 1. The summed E-state index contributed by atoms with van der Waals surface area (Å²) in [7, 11) is 1.54. The van der Waals surface area contributed by atoms with Crippen LogP contribution < -0.4 is 14.4 Å². The number of nitrogens with zero attached hydrogens (tertiary/aromatic N) is 1. The number of methoxy groups -OCH3 is 1. The molecule has 1 aliphatic rings. The first-order valence-corrected chi connectivity index (χ1v) is 6.94. The number of carbonyl (C=O) groups is 2. The van der Waals surface area contributed by atoms with Gasteiger partial charge in [-0.1, -0.05) is 18.2 Å². The molecule has 0 saturated heterocycles. The van der Waals surface area contributed by atoms with Crippen molar-refractivity contribution in [1.29, 1.82) is 0 Å². The summed E-state index contributed by atoms with van der Waals surface area (Å²) in [6.07, 6.45) is -0.227. The van der Waals surface area contributed by atoms with E-state index in [1.54, 1.807) is 42.5 Å². The van der Waals surface area contributed by atoms with E-state index in [1.165, 1.54) is 12.0 Å². The quantitative estimate of drug-likeness (QED) is 0.853. The van der Waals surface area contributed by atoms with Crippen molar-refractivity contribution in [3.63, 3.8) is 0 Å². The van der Waals surface area contributed by atoms with Crippen LogP contribution in [0.25, 0.3) is 0 Å². The normalized spacial score (nSPS) is 13.5. The molecule has 2 aromatic rings. The number of anilines is 1. The topological polar surface area (TPSA) is 55.8 Å². The summed E-state index contributed by atoms with van der Waals surface area (Å²) < 4.78 is 10.5. The molecule has 0 atom stereocenters. The van der Waals surface area contributed by atoms with Crippen molar-refractivity contribution < 1.29 is 19.1 Å². The third-order valence-corrected chi connectivity index (χ3v) is 3.53. The van der Waals surface area contributed by atoms with E-state index in [9.17, 15) is 9.59 Å². The summed E-state index contributed by atoms with van der Waals surface area (Å²) in [5.74, 6) is 1.06. The highest BCUT2D eigenvalue weighted by Crippen LogP contribution is 2.31. The number of rotatable bonds is 2. The second-order valence-corrected chi connectivity index (χ2v) is 4.89. The van der Waals surface area contributed by atoms with E-state index in [-0.39, 0.29) is 12.2 Å². The van der Waals surface area contributed by atoms with Gasteiger partial charge in [-0.25, -0.2) is 4.79 Å². The third kappa shape index (κ3) is 2.65. The summed E-state index contributed by atoms with van der Waals surface area (Å²) in [5.41, 5.74) is 1.04. The molecule has 0 unspecified atom stereocenters. The molecular weight excluding hydrogens is 282 g/mol. The summed E-state index contributed by atoms with van der Waals surface area (Å²) in [4.78, 5) is 25.9. The van der Waals surface area contributed by atoms with Gasteiger partial charge in [0, 0.05) is 18.5 Å². The fourth-order valence-corrected chi connectivity index (χ4v) is 2.40. The molecule has 0 saturated carbocycles. The zero-order valence-corrected chi connectivity index (χ0v) is 12.1. The monoisotopic (exact) mass is 297 g/mol. The lowest BCUT2D eigenvalue weighted by molar-refractivity contribution is 0.0980. The second kappa shape index (κ2) is 5.89. The number of Topliss-reactive ketones (excluding diaryl/α,β-unsaturated/α-hetero) is 1. The predicted octanol–water partition coefficient (Wildman–Crippen LogP) is 3.29. The van der Waals surface area contributed by atoms with Gasteiger partial charge in [0.1, 0.15) is 11.5 Å². The Morgan fingerprint density at radius 1 is 1.09 bits per heavy atom. The van der Waals surface area contributed by atoms with Crippen LogP contribution in [0.5, 0.6) is 11.5 Å². The van der Waals surface area contributed by atoms with E-state index in [0.717, 1.165) is 0 Å². The zero-order valence-electron chi connectivity index (χ0n) is 12.1. The minimum absolute atomic E-state index is 0.00217. The minimum Gasteiger partial charge on any atom is -0.497 e. The average molecular weight is 297 g/mol. The number of ketones is 1. The Morgan fingerprint density at radius 2 is 1.86 bits per heavy atom. The van der Waals surface area contributed by atoms with Crippen molar-refractivity contribution in [2.75, 3.05) is 18.6 Å². The van der Waals surface area contributed by atoms with Crippen molar-refractivity contribution in [2.24, 2.45) is 0 Å². The van der Waals surface area contributed by atoms with E-state index in [0.29, 0.717) is 29.3 Å². The highest BCUT2D eigenvalue weighted by molar-refractivity contribution is 6.08. The Morgan fingerprint density at radius 3 is 2.59 bits per heavy atom. The Hall–Kier alpha value is -2.82. The van der Waals surface area contributed by atoms with Crippen LogP contribution in [0.2, 0.25) is 0 Å². The maximum absolute atomic E-state index is 12.4. The minimum atomic E-state index is -0.495. The first-order valence-electron chi connectivity index (χ1n) is 6.94. The predicted molar refractivity (Wildman–Crippen MR) is 81.8 cm³/mol. The van der Waals surface area contributed by atoms with Gasteiger partial charge in [-0.05, 0) is 30.3 Å². The van der Waals surface area contributed by atoms with Crippen LogP contribution in [0.15, 0.2) is 48.5 Å². The lowest BCUT2D eigenvalue weighted by Crippen LogP contribution is -2.39. The zero-order chi connectivity index (χ0) is 15.5. The van der Waals surface area contributed by atoms with Crippen molar-refractivity contribution in [3.05, 3.63) is 54.1 Å². The molecule has 1 aliphatic heterocycles. The number of carbonyl (C=O) groups excluding carboxylic acids is 2. The molecular formula is C17H15NO4. The number of para-hydroxylation sites is 1. The van der Waals surface area contributed by atoms with Crippen LogP contribution in [0.1, 0.15) is 16.8 Å². The fourth-order valence-electron chi connectivity index (χ4n) is 2.40. The SMILES string of the molecule is COc1ccc2c(c1)C(=O)CCN2C(=O)Oc1ccccc1. The molecule has 22 heavy (non-hydrogen) atoms. The van der Waals surface area contributed by atoms with Crippen molar-refractivity contribution in [2.45, 2.75) is 6.42 Å². The van der Waals surface area contributed by atoms with E-state index in [4.69, 9.17) is 9.47 Å². The highest BCUT2D eigenvalue weighted by atomic mass is 16.6. The van der Waals surface area contributed by atoms with Gasteiger partial charge < -0.3 is 9.47 Å². The van der Waals surface area contributed by atoms with Crippen LogP contribution in [0.3, 0.4) is 0 Å². The molecule has 0 N–H and O–H groups in total.